The van der Waals surface area contributed by atoms with Crippen LogP contribution in [0.25, 0.3) is 5.69 Å². The molecule has 0 aliphatic rings. The molecule has 0 saturated carbocycles. The molecule has 1 amide bonds. The number of benzene rings is 1. The zero-order valence-electron chi connectivity index (χ0n) is 16.4. The van der Waals surface area contributed by atoms with Gasteiger partial charge in [0.15, 0.2) is 10.9 Å². The van der Waals surface area contributed by atoms with Crippen LogP contribution in [0.3, 0.4) is 0 Å². The van der Waals surface area contributed by atoms with Gasteiger partial charge < -0.3 is 20.4 Å². The molecule has 0 aliphatic heterocycles. The fraction of sp³-hybridized carbons (Fsp3) is 0.211. The van der Waals surface area contributed by atoms with Gasteiger partial charge in [0, 0.05) is 7.05 Å². The number of nitrogens with zero attached hydrogens (tertiary/aromatic N) is 2. The van der Waals surface area contributed by atoms with E-state index in [9.17, 15) is 9.59 Å². The molecule has 1 unspecified atom stereocenters. The minimum Gasteiger partial charge on any atom is -0.459 e. The van der Waals surface area contributed by atoms with Crippen LogP contribution in [0.1, 0.15) is 16.2 Å². The van der Waals surface area contributed by atoms with Gasteiger partial charge in [0.2, 0.25) is 3.79 Å². The maximum absolute atomic E-state index is 13.0. The number of alkyl halides is 3. The van der Waals surface area contributed by atoms with Crippen molar-refractivity contribution in [3.05, 3.63) is 70.5 Å². The van der Waals surface area contributed by atoms with Gasteiger partial charge in [-0.05, 0) is 43.4 Å². The highest BCUT2D eigenvalue weighted by atomic mass is 35.6. The number of anilines is 1. The van der Waals surface area contributed by atoms with Gasteiger partial charge in [-0.25, -0.2) is 4.68 Å². The molecule has 31 heavy (non-hydrogen) atoms. The summed E-state index contributed by atoms with van der Waals surface area (Å²) in [6.07, 6.45) is 0.130. The van der Waals surface area contributed by atoms with Gasteiger partial charge in [-0.2, -0.15) is 0 Å². The number of carbonyl (C=O) groups excluding carboxylic acids is 1. The number of para-hydroxylation sites is 1. The second kappa shape index (κ2) is 9.35. The third-order valence-corrected chi connectivity index (χ3v) is 5.29. The summed E-state index contributed by atoms with van der Waals surface area (Å²) in [5.41, 5.74) is 1.24. The Balaban J connectivity index is 1.80. The molecule has 1 aromatic carbocycles. The van der Waals surface area contributed by atoms with Crippen LogP contribution in [-0.2, 0) is 7.05 Å². The van der Waals surface area contributed by atoms with E-state index in [1.807, 2.05) is 30.3 Å². The van der Waals surface area contributed by atoms with Gasteiger partial charge in [0.25, 0.3) is 11.5 Å². The van der Waals surface area contributed by atoms with Crippen molar-refractivity contribution in [1.29, 1.82) is 0 Å². The first-order valence-electron chi connectivity index (χ1n) is 8.92. The van der Waals surface area contributed by atoms with Crippen molar-refractivity contribution in [1.82, 2.24) is 20.0 Å². The number of thiocarbonyl (C=S) groups is 1. The number of aromatic nitrogens is 2. The number of carbonyl (C=O) groups is 1. The van der Waals surface area contributed by atoms with Crippen LogP contribution in [0, 0.1) is 6.92 Å². The lowest BCUT2D eigenvalue weighted by Gasteiger charge is -2.27. The molecule has 1 atom stereocenters. The summed E-state index contributed by atoms with van der Waals surface area (Å²) >= 11 is 23.3. The zero-order valence-corrected chi connectivity index (χ0v) is 19.4. The van der Waals surface area contributed by atoms with E-state index in [2.05, 4.69) is 16.0 Å². The summed E-state index contributed by atoms with van der Waals surface area (Å²) in [6.45, 7) is 1.76. The topological polar surface area (TPSA) is 93.2 Å². The SMILES string of the molecule is Cc1c(NC(=S)NC(NC(=O)c2ccco2)C(Cl)(Cl)Cl)c(=O)n(-c2ccccc2)n1C. The molecular formula is C19H18Cl3N5O3S. The monoisotopic (exact) mass is 501 g/mol. The Morgan fingerprint density at radius 3 is 2.39 bits per heavy atom. The summed E-state index contributed by atoms with van der Waals surface area (Å²) in [6, 6.07) is 12.1. The van der Waals surface area contributed by atoms with E-state index < -0.39 is 15.9 Å². The van der Waals surface area contributed by atoms with Crippen LogP contribution in [-0.4, -0.2) is 30.3 Å². The second-order valence-corrected chi connectivity index (χ2v) is 9.24. The number of furan rings is 1. The van der Waals surface area contributed by atoms with E-state index in [0.717, 1.165) is 0 Å². The fourth-order valence-electron chi connectivity index (χ4n) is 2.80. The minimum atomic E-state index is -1.95. The molecule has 12 heteroatoms. The van der Waals surface area contributed by atoms with Gasteiger partial charge in [0.1, 0.15) is 11.9 Å². The lowest BCUT2D eigenvalue weighted by atomic mass is 10.3. The van der Waals surface area contributed by atoms with Gasteiger partial charge in [-0.1, -0.05) is 53.0 Å². The average Bonchev–Trinajstić information content (AvgIpc) is 3.32. The Bertz CT molecular complexity index is 1140. The van der Waals surface area contributed by atoms with Crippen LogP contribution >= 0.6 is 47.0 Å². The summed E-state index contributed by atoms with van der Waals surface area (Å²) in [4.78, 5) is 25.3. The molecule has 8 nitrogen and oxygen atoms in total. The molecule has 3 rings (SSSR count). The highest BCUT2D eigenvalue weighted by Crippen LogP contribution is 2.29. The maximum atomic E-state index is 13.0. The van der Waals surface area contributed by atoms with Gasteiger partial charge in [0.05, 0.1) is 17.6 Å². The largest absolute Gasteiger partial charge is 0.459 e. The Morgan fingerprint density at radius 2 is 1.81 bits per heavy atom. The fourth-order valence-corrected chi connectivity index (χ4v) is 3.35. The molecule has 0 aliphatic carbocycles. The number of nitrogens with one attached hydrogen (secondary N) is 3. The minimum absolute atomic E-state index is 0.0259. The molecule has 0 spiro atoms. The van der Waals surface area contributed by atoms with Crippen molar-refractivity contribution < 1.29 is 9.21 Å². The first kappa shape index (κ1) is 23.2. The van der Waals surface area contributed by atoms with Crippen LogP contribution in [0.5, 0.6) is 0 Å². The van der Waals surface area contributed by atoms with E-state index in [1.54, 1.807) is 24.7 Å². The molecule has 0 bridgehead atoms. The zero-order chi connectivity index (χ0) is 22.8. The smallest absolute Gasteiger partial charge is 0.295 e. The van der Waals surface area contributed by atoms with E-state index in [4.69, 9.17) is 51.4 Å². The van der Waals surface area contributed by atoms with Crippen LogP contribution in [0.2, 0.25) is 0 Å². The van der Waals surface area contributed by atoms with E-state index in [1.165, 1.54) is 17.0 Å². The Kier molecular flexibility index (Phi) is 7.00. The second-order valence-electron chi connectivity index (χ2n) is 6.46. The quantitative estimate of drug-likeness (QED) is 0.281. The van der Waals surface area contributed by atoms with Crippen molar-refractivity contribution in [2.45, 2.75) is 16.9 Å². The summed E-state index contributed by atoms with van der Waals surface area (Å²) < 4.78 is 6.26. The normalized spacial score (nSPS) is 12.3. The molecule has 0 saturated heterocycles. The Morgan fingerprint density at radius 1 is 1.13 bits per heavy atom. The van der Waals surface area contributed by atoms with Crippen molar-refractivity contribution in [2.24, 2.45) is 7.05 Å². The summed E-state index contributed by atoms with van der Waals surface area (Å²) in [5, 5.41) is 8.02. The van der Waals surface area contributed by atoms with E-state index in [-0.39, 0.29) is 22.1 Å². The molecule has 3 aromatic rings. The maximum Gasteiger partial charge on any atom is 0.295 e. The van der Waals surface area contributed by atoms with Crippen molar-refractivity contribution >= 4 is 63.7 Å². The standard InChI is InChI=1S/C19H18Cl3N5O3S/c1-11-14(16(29)27(26(11)2)12-7-4-3-5-8-12)23-18(31)25-17(19(20,21)22)24-15(28)13-9-6-10-30-13/h3-10,17H,1-2H3,(H,24,28)(H2,23,25,31). The predicted octanol–water partition coefficient (Wildman–Crippen LogP) is 3.49. The van der Waals surface area contributed by atoms with Crippen LogP contribution in [0.15, 0.2) is 57.9 Å². The molecule has 164 valence electrons. The number of amides is 1. The van der Waals surface area contributed by atoms with Crippen molar-refractivity contribution in [3.8, 4) is 5.69 Å². The van der Waals surface area contributed by atoms with Gasteiger partial charge >= 0.3 is 0 Å². The lowest BCUT2D eigenvalue weighted by molar-refractivity contribution is 0.0906. The van der Waals surface area contributed by atoms with Gasteiger partial charge in [-0.3, -0.25) is 14.3 Å². The highest BCUT2D eigenvalue weighted by Gasteiger charge is 2.35. The highest BCUT2D eigenvalue weighted by molar-refractivity contribution is 7.80. The van der Waals surface area contributed by atoms with E-state index >= 15 is 0 Å². The molecule has 0 fully saturated rings. The lowest BCUT2D eigenvalue weighted by Crippen LogP contribution is -2.56. The third kappa shape index (κ3) is 5.24. The number of hydrogen-bond acceptors (Lipinski definition) is 4. The van der Waals surface area contributed by atoms with Crippen molar-refractivity contribution in [3.63, 3.8) is 0 Å². The predicted molar refractivity (Wildman–Crippen MR) is 125 cm³/mol. The molecule has 2 aromatic heterocycles. The Labute approximate surface area is 198 Å². The molecule has 2 heterocycles. The van der Waals surface area contributed by atoms with Crippen molar-refractivity contribution in [2.75, 3.05) is 5.32 Å². The van der Waals surface area contributed by atoms with Crippen LogP contribution in [0.4, 0.5) is 5.69 Å². The average molecular weight is 503 g/mol. The first-order valence-corrected chi connectivity index (χ1v) is 10.5. The molecule has 0 radical (unpaired) electrons. The van der Waals surface area contributed by atoms with Gasteiger partial charge in [-0.15, -0.1) is 0 Å². The first-order chi connectivity index (χ1) is 14.6. The summed E-state index contributed by atoms with van der Waals surface area (Å²) in [5.74, 6) is -0.580. The number of rotatable bonds is 5. The summed E-state index contributed by atoms with van der Waals surface area (Å²) in [7, 11) is 1.75. The van der Waals surface area contributed by atoms with E-state index in [0.29, 0.717) is 11.4 Å². The number of hydrogen-bond donors (Lipinski definition) is 3. The molecular weight excluding hydrogens is 485 g/mol. The number of halogens is 3. The Hall–Kier alpha value is -2.46. The molecule has 3 N–H and O–H groups in total. The van der Waals surface area contributed by atoms with Crippen LogP contribution < -0.4 is 21.5 Å². The third-order valence-electron chi connectivity index (χ3n) is 4.42.